The fourth-order valence-electron chi connectivity index (χ4n) is 1.71. The molecule has 102 valence electrons. The second-order valence-corrected chi connectivity index (χ2v) is 5.91. The van der Waals surface area contributed by atoms with Gasteiger partial charge in [0.25, 0.3) is 0 Å². The lowest BCUT2D eigenvalue weighted by atomic mass is 9.89. The van der Waals surface area contributed by atoms with Crippen molar-refractivity contribution in [2.45, 2.75) is 65.0 Å². The lowest BCUT2D eigenvalue weighted by molar-refractivity contribution is -0.122. The number of rotatable bonds is 8. The standard InChI is InChI=1S/C14H25N3O/c1-11(13(18)17-12-6-7-12)16-9-5-4-8-14(2,3)10-15/h11-12,16H,4-9H2,1-3H3,(H,17,18). The monoisotopic (exact) mass is 251 g/mol. The molecule has 1 aliphatic carbocycles. The smallest absolute Gasteiger partial charge is 0.237 e. The van der Waals surface area contributed by atoms with E-state index < -0.39 is 0 Å². The molecule has 18 heavy (non-hydrogen) atoms. The fourth-order valence-corrected chi connectivity index (χ4v) is 1.71. The summed E-state index contributed by atoms with van der Waals surface area (Å²) in [6.45, 7) is 6.66. The van der Waals surface area contributed by atoms with Crippen LogP contribution in [0, 0.1) is 16.7 Å². The Balaban J connectivity index is 2.03. The molecule has 0 heterocycles. The van der Waals surface area contributed by atoms with Crippen molar-refractivity contribution in [3.63, 3.8) is 0 Å². The van der Waals surface area contributed by atoms with Gasteiger partial charge in [-0.25, -0.2) is 0 Å². The zero-order valence-corrected chi connectivity index (χ0v) is 11.8. The largest absolute Gasteiger partial charge is 0.352 e. The minimum atomic E-state index is -0.227. The van der Waals surface area contributed by atoms with Gasteiger partial charge in [-0.3, -0.25) is 4.79 Å². The van der Waals surface area contributed by atoms with Crippen molar-refractivity contribution >= 4 is 5.91 Å². The Hall–Kier alpha value is -1.08. The summed E-state index contributed by atoms with van der Waals surface area (Å²) >= 11 is 0. The first-order chi connectivity index (χ1) is 8.44. The Morgan fingerprint density at radius 2 is 2.11 bits per heavy atom. The highest BCUT2D eigenvalue weighted by atomic mass is 16.2. The van der Waals surface area contributed by atoms with Crippen molar-refractivity contribution < 1.29 is 4.79 Å². The van der Waals surface area contributed by atoms with Crippen molar-refractivity contribution in [2.24, 2.45) is 5.41 Å². The van der Waals surface area contributed by atoms with Crippen LogP contribution in [0.3, 0.4) is 0 Å². The zero-order valence-electron chi connectivity index (χ0n) is 11.8. The number of amides is 1. The fraction of sp³-hybridized carbons (Fsp3) is 0.857. The third-order valence-electron chi connectivity index (χ3n) is 3.30. The van der Waals surface area contributed by atoms with Gasteiger partial charge < -0.3 is 10.6 Å². The summed E-state index contributed by atoms with van der Waals surface area (Å²) in [5, 5.41) is 15.1. The second-order valence-electron chi connectivity index (χ2n) is 5.91. The molecular weight excluding hydrogens is 226 g/mol. The first-order valence-corrected chi connectivity index (χ1v) is 6.89. The van der Waals surface area contributed by atoms with Crippen LogP contribution in [0.4, 0.5) is 0 Å². The van der Waals surface area contributed by atoms with E-state index >= 15 is 0 Å². The number of hydrogen-bond acceptors (Lipinski definition) is 3. The normalized spacial score (nSPS) is 17.0. The van der Waals surface area contributed by atoms with E-state index in [9.17, 15) is 4.79 Å². The number of nitrogens with zero attached hydrogens (tertiary/aromatic N) is 1. The molecule has 4 heteroatoms. The number of carbonyl (C=O) groups is 1. The van der Waals surface area contributed by atoms with Gasteiger partial charge in [0.2, 0.25) is 5.91 Å². The van der Waals surface area contributed by atoms with Crippen LogP contribution >= 0.6 is 0 Å². The van der Waals surface area contributed by atoms with Gasteiger partial charge >= 0.3 is 0 Å². The first-order valence-electron chi connectivity index (χ1n) is 6.89. The zero-order chi connectivity index (χ0) is 13.6. The van der Waals surface area contributed by atoms with Crippen LogP contribution in [0.25, 0.3) is 0 Å². The molecule has 2 N–H and O–H groups in total. The Morgan fingerprint density at radius 1 is 1.44 bits per heavy atom. The molecule has 1 fully saturated rings. The molecule has 1 atom stereocenters. The van der Waals surface area contributed by atoms with E-state index in [1.807, 2.05) is 20.8 Å². The van der Waals surface area contributed by atoms with E-state index in [2.05, 4.69) is 16.7 Å². The van der Waals surface area contributed by atoms with E-state index in [-0.39, 0.29) is 17.4 Å². The van der Waals surface area contributed by atoms with Crippen molar-refractivity contribution in [2.75, 3.05) is 6.54 Å². The minimum Gasteiger partial charge on any atom is -0.352 e. The van der Waals surface area contributed by atoms with Gasteiger partial charge in [0, 0.05) is 6.04 Å². The lowest BCUT2D eigenvalue weighted by Crippen LogP contribution is -2.43. The number of hydrogen-bond donors (Lipinski definition) is 2. The molecule has 1 aliphatic rings. The maximum atomic E-state index is 11.6. The molecule has 0 aliphatic heterocycles. The van der Waals surface area contributed by atoms with Gasteiger partial charge in [0.1, 0.15) is 0 Å². The van der Waals surface area contributed by atoms with Crippen molar-refractivity contribution in [3.05, 3.63) is 0 Å². The van der Waals surface area contributed by atoms with Crippen LogP contribution in [0.5, 0.6) is 0 Å². The van der Waals surface area contributed by atoms with Gasteiger partial charge in [-0.15, -0.1) is 0 Å². The van der Waals surface area contributed by atoms with Gasteiger partial charge in [0.15, 0.2) is 0 Å². The predicted octanol–water partition coefficient (Wildman–Crippen LogP) is 1.96. The third-order valence-corrected chi connectivity index (χ3v) is 3.30. The van der Waals surface area contributed by atoms with Gasteiger partial charge in [-0.2, -0.15) is 5.26 Å². The summed E-state index contributed by atoms with van der Waals surface area (Å²) in [6.07, 6.45) is 5.19. The maximum absolute atomic E-state index is 11.6. The summed E-state index contributed by atoms with van der Waals surface area (Å²) in [5.41, 5.74) is -0.227. The number of carbonyl (C=O) groups excluding carboxylic acids is 1. The van der Waals surface area contributed by atoms with Crippen molar-refractivity contribution in [3.8, 4) is 6.07 Å². The van der Waals surface area contributed by atoms with E-state index in [1.165, 1.54) is 0 Å². The average Bonchev–Trinajstić information content (AvgIpc) is 3.12. The highest BCUT2D eigenvalue weighted by Crippen LogP contribution is 2.21. The van der Waals surface area contributed by atoms with Crippen LogP contribution in [-0.2, 0) is 4.79 Å². The Kier molecular flexibility index (Phi) is 5.61. The molecule has 4 nitrogen and oxygen atoms in total. The second kappa shape index (κ2) is 6.75. The highest BCUT2D eigenvalue weighted by Gasteiger charge is 2.25. The van der Waals surface area contributed by atoms with E-state index in [0.29, 0.717) is 6.04 Å². The summed E-state index contributed by atoms with van der Waals surface area (Å²) in [4.78, 5) is 11.6. The van der Waals surface area contributed by atoms with E-state index in [0.717, 1.165) is 38.6 Å². The van der Waals surface area contributed by atoms with Crippen LogP contribution in [0.15, 0.2) is 0 Å². The number of nitriles is 1. The van der Waals surface area contributed by atoms with Crippen LogP contribution < -0.4 is 10.6 Å². The molecule has 1 amide bonds. The third kappa shape index (κ3) is 6.02. The molecule has 1 saturated carbocycles. The Labute approximate surface area is 110 Å². The molecule has 0 radical (unpaired) electrons. The topological polar surface area (TPSA) is 64.9 Å². The van der Waals surface area contributed by atoms with Crippen LogP contribution in [0.1, 0.15) is 52.9 Å². The molecule has 0 aromatic rings. The van der Waals surface area contributed by atoms with E-state index in [1.54, 1.807) is 0 Å². The molecule has 0 spiro atoms. The van der Waals surface area contributed by atoms with Crippen molar-refractivity contribution in [1.29, 1.82) is 5.26 Å². The van der Waals surface area contributed by atoms with Crippen LogP contribution in [-0.4, -0.2) is 24.5 Å². The molecule has 0 aromatic heterocycles. The van der Waals surface area contributed by atoms with Crippen LogP contribution in [0.2, 0.25) is 0 Å². The summed E-state index contributed by atoms with van der Waals surface area (Å²) in [6, 6.07) is 2.62. The van der Waals surface area contributed by atoms with Gasteiger partial charge in [-0.05, 0) is 53.0 Å². The molecular formula is C14H25N3O. The average molecular weight is 251 g/mol. The summed E-state index contributed by atoms with van der Waals surface area (Å²) < 4.78 is 0. The Bertz CT molecular complexity index is 315. The van der Waals surface area contributed by atoms with Gasteiger partial charge in [0.05, 0.1) is 17.5 Å². The molecule has 1 unspecified atom stereocenters. The molecule has 0 saturated heterocycles. The van der Waals surface area contributed by atoms with Crippen molar-refractivity contribution in [1.82, 2.24) is 10.6 Å². The Morgan fingerprint density at radius 3 is 2.67 bits per heavy atom. The molecule has 0 aromatic carbocycles. The highest BCUT2D eigenvalue weighted by molar-refractivity contribution is 5.81. The summed E-state index contributed by atoms with van der Waals surface area (Å²) in [5.74, 6) is 0.106. The minimum absolute atomic E-state index is 0.106. The predicted molar refractivity (Wildman–Crippen MR) is 71.9 cm³/mol. The maximum Gasteiger partial charge on any atom is 0.237 e. The van der Waals surface area contributed by atoms with Gasteiger partial charge in [-0.1, -0.05) is 6.42 Å². The SMILES string of the molecule is CC(NCCCCC(C)(C)C#N)C(=O)NC1CC1. The number of unbranched alkanes of at least 4 members (excludes halogenated alkanes) is 1. The van der Waals surface area contributed by atoms with E-state index in [4.69, 9.17) is 5.26 Å². The first kappa shape index (κ1) is 15.0. The quantitative estimate of drug-likeness (QED) is 0.648. The molecule has 0 bridgehead atoms. The summed E-state index contributed by atoms with van der Waals surface area (Å²) in [7, 11) is 0. The number of nitrogens with one attached hydrogen (secondary N) is 2. The lowest BCUT2D eigenvalue weighted by Gasteiger charge is -2.16. The molecule has 1 rings (SSSR count).